The molecule has 0 saturated carbocycles. The summed E-state index contributed by atoms with van der Waals surface area (Å²) >= 11 is 5.92. The number of rotatable bonds is 3. The van der Waals surface area contributed by atoms with E-state index in [0.717, 1.165) is 24.9 Å². The van der Waals surface area contributed by atoms with Crippen molar-refractivity contribution in [3.8, 4) is 6.07 Å². The molecule has 116 valence electrons. The average molecular weight is 324 g/mol. The zero-order valence-corrected chi connectivity index (χ0v) is 13.5. The van der Waals surface area contributed by atoms with Crippen molar-refractivity contribution in [1.29, 1.82) is 5.26 Å². The zero-order chi connectivity index (χ0) is 15.8. The van der Waals surface area contributed by atoms with Gasteiger partial charge in [-0.2, -0.15) is 5.26 Å². The van der Waals surface area contributed by atoms with Gasteiger partial charge in [-0.3, -0.25) is 4.90 Å². The van der Waals surface area contributed by atoms with Crippen LogP contribution in [0.25, 0.3) is 0 Å². The molecule has 0 spiro atoms. The van der Waals surface area contributed by atoms with Gasteiger partial charge in [-0.15, -0.1) is 0 Å². The van der Waals surface area contributed by atoms with E-state index in [0.29, 0.717) is 17.2 Å². The monoisotopic (exact) mass is 323 g/mol. The lowest BCUT2D eigenvalue weighted by Crippen LogP contribution is -2.29. The molecule has 3 nitrogen and oxygen atoms in total. The standard InChI is InChI=1S/C19H18ClN3/c20-18-9-6-14(11-22-18)19-15(10-21)16-7-8-17(19)23(16)12-13-4-2-1-3-5-13/h1-6,9,11,15-17,19H,7-8,12H2/t15-,16+,17-,19+/m0/s1. The summed E-state index contributed by atoms with van der Waals surface area (Å²) in [6, 6.07) is 17.7. The predicted molar refractivity (Wildman–Crippen MR) is 89.9 cm³/mol. The van der Waals surface area contributed by atoms with Crippen LogP contribution in [0.4, 0.5) is 0 Å². The van der Waals surface area contributed by atoms with Crippen molar-refractivity contribution in [1.82, 2.24) is 9.88 Å². The first-order chi connectivity index (χ1) is 11.3. The second-order valence-corrected chi connectivity index (χ2v) is 6.85. The number of nitriles is 1. The smallest absolute Gasteiger partial charge is 0.129 e. The molecule has 2 aliphatic rings. The third-order valence-corrected chi connectivity index (χ3v) is 5.54. The van der Waals surface area contributed by atoms with Gasteiger partial charge in [-0.25, -0.2) is 4.98 Å². The van der Waals surface area contributed by atoms with Crippen molar-refractivity contribution in [2.75, 3.05) is 0 Å². The van der Waals surface area contributed by atoms with E-state index in [4.69, 9.17) is 11.6 Å². The van der Waals surface area contributed by atoms with E-state index in [9.17, 15) is 5.26 Å². The molecule has 3 heterocycles. The summed E-state index contributed by atoms with van der Waals surface area (Å²) in [6.45, 7) is 0.922. The number of pyridine rings is 1. The highest BCUT2D eigenvalue weighted by Crippen LogP contribution is 2.50. The molecule has 2 aliphatic heterocycles. The number of halogens is 1. The number of hydrogen-bond acceptors (Lipinski definition) is 3. The van der Waals surface area contributed by atoms with E-state index in [1.165, 1.54) is 5.56 Å². The van der Waals surface area contributed by atoms with Crippen LogP contribution in [0.1, 0.15) is 29.9 Å². The molecule has 0 aliphatic carbocycles. The second-order valence-electron chi connectivity index (χ2n) is 6.46. The fourth-order valence-electron chi connectivity index (χ4n) is 4.38. The summed E-state index contributed by atoms with van der Waals surface area (Å²) in [6.07, 6.45) is 4.12. The Hall–Kier alpha value is -1.89. The number of fused-ring (bicyclic) bond motifs is 2. The number of hydrogen-bond donors (Lipinski definition) is 0. The van der Waals surface area contributed by atoms with Gasteiger partial charge < -0.3 is 0 Å². The molecule has 0 unspecified atom stereocenters. The van der Waals surface area contributed by atoms with Crippen LogP contribution in [-0.4, -0.2) is 22.0 Å². The van der Waals surface area contributed by atoms with Crippen LogP contribution >= 0.6 is 11.6 Å². The molecule has 0 N–H and O–H groups in total. The normalized spacial score (nSPS) is 29.6. The lowest BCUT2D eigenvalue weighted by atomic mass is 9.77. The van der Waals surface area contributed by atoms with Crippen molar-refractivity contribution in [3.63, 3.8) is 0 Å². The minimum Gasteiger partial charge on any atom is -0.291 e. The zero-order valence-electron chi connectivity index (χ0n) is 12.8. The second kappa shape index (κ2) is 5.96. The lowest BCUT2D eigenvalue weighted by molar-refractivity contribution is 0.234. The van der Waals surface area contributed by atoms with Crippen molar-refractivity contribution >= 4 is 11.6 Å². The maximum absolute atomic E-state index is 9.74. The molecule has 2 bridgehead atoms. The molecular formula is C19H18ClN3. The maximum Gasteiger partial charge on any atom is 0.129 e. The topological polar surface area (TPSA) is 39.9 Å². The fourth-order valence-corrected chi connectivity index (χ4v) is 4.49. The summed E-state index contributed by atoms with van der Waals surface area (Å²) in [7, 11) is 0. The molecule has 1 aromatic heterocycles. The number of benzene rings is 1. The predicted octanol–water partition coefficient (Wildman–Crippen LogP) is 4.01. The molecule has 4 heteroatoms. The molecule has 4 rings (SSSR count). The quantitative estimate of drug-likeness (QED) is 0.801. The average Bonchev–Trinajstić information content (AvgIpc) is 3.11. The van der Waals surface area contributed by atoms with Crippen LogP contribution in [0, 0.1) is 17.2 Å². The van der Waals surface area contributed by atoms with E-state index in [1.807, 2.05) is 24.4 Å². The Kier molecular flexibility index (Phi) is 3.80. The van der Waals surface area contributed by atoms with E-state index in [1.54, 1.807) is 0 Å². The van der Waals surface area contributed by atoms with Gasteiger partial charge in [0.05, 0.1) is 12.0 Å². The molecule has 23 heavy (non-hydrogen) atoms. The minimum absolute atomic E-state index is 0.0421. The molecule has 2 aromatic rings. The Morgan fingerprint density at radius 1 is 1.13 bits per heavy atom. The summed E-state index contributed by atoms with van der Waals surface area (Å²) in [5.74, 6) is 0.285. The third kappa shape index (κ3) is 2.52. The summed E-state index contributed by atoms with van der Waals surface area (Å²) in [4.78, 5) is 6.75. The summed E-state index contributed by atoms with van der Waals surface area (Å²) in [5, 5.41) is 10.2. The first-order valence-electron chi connectivity index (χ1n) is 8.08. The van der Waals surface area contributed by atoms with Crippen LogP contribution < -0.4 is 0 Å². The molecule has 2 fully saturated rings. The Morgan fingerprint density at radius 2 is 1.91 bits per heavy atom. The number of nitrogens with zero attached hydrogens (tertiary/aromatic N) is 3. The summed E-state index contributed by atoms with van der Waals surface area (Å²) in [5.41, 5.74) is 2.46. The lowest BCUT2D eigenvalue weighted by Gasteiger charge is -2.25. The Balaban J connectivity index is 1.64. The molecule has 0 amide bonds. The van der Waals surface area contributed by atoms with Crippen molar-refractivity contribution in [2.24, 2.45) is 5.92 Å². The maximum atomic E-state index is 9.74. The van der Waals surface area contributed by atoms with Gasteiger partial charge in [0.2, 0.25) is 0 Å². The van der Waals surface area contributed by atoms with Gasteiger partial charge in [-0.1, -0.05) is 48.0 Å². The fraction of sp³-hybridized carbons (Fsp3) is 0.368. The Morgan fingerprint density at radius 3 is 2.61 bits per heavy atom. The Bertz CT molecular complexity index is 723. The van der Waals surface area contributed by atoms with Crippen molar-refractivity contribution in [2.45, 2.75) is 37.4 Å². The Labute approximate surface area is 141 Å². The first kappa shape index (κ1) is 14.7. The van der Waals surface area contributed by atoms with Crippen LogP contribution in [-0.2, 0) is 6.54 Å². The van der Waals surface area contributed by atoms with Gasteiger partial charge >= 0.3 is 0 Å². The highest BCUT2D eigenvalue weighted by Gasteiger charge is 2.53. The molecule has 1 aromatic carbocycles. The highest BCUT2D eigenvalue weighted by molar-refractivity contribution is 6.29. The van der Waals surface area contributed by atoms with E-state index < -0.39 is 0 Å². The molecule has 4 atom stereocenters. The van der Waals surface area contributed by atoms with Gasteiger partial charge in [0.1, 0.15) is 5.15 Å². The third-order valence-electron chi connectivity index (χ3n) is 5.32. The van der Waals surface area contributed by atoms with Gasteiger partial charge in [-0.05, 0) is 30.0 Å². The van der Waals surface area contributed by atoms with Crippen molar-refractivity contribution < 1.29 is 0 Å². The first-order valence-corrected chi connectivity index (χ1v) is 8.46. The van der Waals surface area contributed by atoms with Crippen LogP contribution in [0.15, 0.2) is 48.7 Å². The minimum atomic E-state index is 0.0421. The van der Waals surface area contributed by atoms with Crippen LogP contribution in [0.5, 0.6) is 0 Å². The van der Waals surface area contributed by atoms with E-state index >= 15 is 0 Å². The van der Waals surface area contributed by atoms with Gasteiger partial charge in [0.25, 0.3) is 0 Å². The van der Waals surface area contributed by atoms with Crippen LogP contribution in [0.2, 0.25) is 5.15 Å². The largest absolute Gasteiger partial charge is 0.291 e. The number of aromatic nitrogens is 1. The van der Waals surface area contributed by atoms with E-state index in [-0.39, 0.29) is 11.8 Å². The summed E-state index contributed by atoms with van der Waals surface area (Å²) < 4.78 is 0. The van der Waals surface area contributed by atoms with Gasteiger partial charge in [0, 0.05) is 30.7 Å². The molecular weight excluding hydrogens is 306 g/mol. The molecule has 2 saturated heterocycles. The van der Waals surface area contributed by atoms with E-state index in [2.05, 4.69) is 40.2 Å². The van der Waals surface area contributed by atoms with Crippen LogP contribution in [0.3, 0.4) is 0 Å². The SMILES string of the molecule is N#C[C@@H]1[C@@H](c2ccc(Cl)nc2)[C@@H]2CC[C@H]1N2Cc1ccccc1. The highest BCUT2D eigenvalue weighted by atomic mass is 35.5. The molecule has 0 radical (unpaired) electrons. The van der Waals surface area contributed by atoms with Gasteiger partial charge in [0.15, 0.2) is 0 Å². The van der Waals surface area contributed by atoms with Crippen molar-refractivity contribution in [3.05, 3.63) is 64.9 Å².